The highest BCUT2D eigenvalue weighted by molar-refractivity contribution is 6.12. The van der Waals surface area contributed by atoms with Gasteiger partial charge in [-0.3, -0.25) is 9.80 Å². The first-order valence-corrected chi connectivity index (χ1v) is 34.6. The van der Waals surface area contributed by atoms with Crippen LogP contribution in [0.1, 0.15) is 0 Å². The van der Waals surface area contributed by atoms with Crippen LogP contribution in [0, 0.1) is 0 Å². The molecule has 14 nitrogen and oxygen atoms in total. The zero-order valence-electron chi connectivity index (χ0n) is 65.7. The Kier molecular flexibility index (Phi) is 31.2. The summed E-state index contributed by atoms with van der Waals surface area (Å²) in [5.74, 6) is -263. The van der Waals surface area contributed by atoms with Crippen LogP contribution in [0.5, 0.6) is 35.5 Å². The molecule has 0 atom stereocenters. The van der Waals surface area contributed by atoms with E-state index in [1.807, 2.05) is 0 Å². The van der Waals surface area contributed by atoms with Gasteiger partial charge in [-0.15, -0.1) is 9.97 Å². The number of alkyl halides is 70. The zero-order chi connectivity index (χ0) is 115. The summed E-state index contributed by atoms with van der Waals surface area (Å²) in [4.78, 5) is 12.4. The second-order valence-corrected chi connectivity index (χ2v) is 28.5. The average molecular weight is 2310 g/mol. The van der Waals surface area contributed by atoms with Crippen LogP contribution in [0.15, 0.2) is 48.5 Å². The van der Waals surface area contributed by atoms with Gasteiger partial charge in [0, 0.05) is 17.5 Å². The molecule has 3 heterocycles. The number of fused-ring (bicyclic) bond motifs is 1. The van der Waals surface area contributed by atoms with Crippen molar-refractivity contribution in [3.05, 3.63) is 48.5 Å². The van der Waals surface area contributed by atoms with Gasteiger partial charge in [0.15, 0.2) is 51.1 Å². The third-order valence-corrected chi connectivity index (χ3v) is 18.7. The highest BCUT2D eigenvalue weighted by Gasteiger charge is 2.99. The first-order valence-electron chi connectivity index (χ1n) is 34.6. The van der Waals surface area contributed by atoms with Crippen molar-refractivity contribution in [2.24, 2.45) is 0 Å². The Bertz CT molecular complexity index is 4930. The van der Waals surface area contributed by atoms with Crippen molar-refractivity contribution >= 4 is 45.4 Å². The van der Waals surface area contributed by atoms with Gasteiger partial charge in [-0.05, 0) is 17.5 Å². The van der Waals surface area contributed by atoms with E-state index in [9.17, 15) is 202 Å². The van der Waals surface area contributed by atoms with E-state index in [0.29, 0.717) is 0 Å². The first-order chi connectivity index (χ1) is 64.2. The molecular formula is C62H24F70N8O6. The van der Waals surface area contributed by atoms with Gasteiger partial charge in [0.2, 0.25) is 11.9 Å². The van der Waals surface area contributed by atoms with Crippen molar-refractivity contribution in [2.45, 2.75) is 204 Å². The molecule has 1 aliphatic heterocycles. The lowest BCUT2D eigenvalue weighted by Gasteiger charge is -2.42. The second-order valence-electron chi connectivity index (χ2n) is 28.5. The van der Waals surface area contributed by atoms with Crippen molar-refractivity contribution in [3.63, 3.8) is 0 Å². The van der Waals surface area contributed by atoms with E-state index in [-0.39, 0.29) is 36.4 Å². The molecule has 0 saturated heterocycles. The molecule has 1 aliphatic rings. The van der Waals surface area contributed by atoms with Crippen LogP contribution in [0.3, 0.4) is 0 Å². The maximum Gasteiger partial charge on any atom is 0.422 e. The minimum Gasteiger partial charge on any atom is -0.480 e. The summed E-state index contributed by atoms with van der Waals surface area (Å²) < 4.78 is 1040. The number of hydrogen-bond donors (Lipinski definition) is 0. The fraction of sp³-hybridized carbons (Fsp3) is 0.645. The molecule has 84 heteroatoms. The van der Waals surface area contributed by atoms with E-state index in [4.69, 9.17) is 0 Å². The number of halogens is 70. The van der Waals surface area contributed by atoms with Crippen LogP contribution in [-0.2, 0) is 0 Å². The minimum absolute atomic E-state index is 0.114. The highest BCUT2D eigenvalue weighted by Crippen LogP contribution is 2.70. The maximum atomic E-state index is 15.7. The van der Waals surface area contributed by atoms with Gasteiger partial charge in [-0.2, -0.15) is 292 Å². The molecule has 0 unspecified atom stereocenters. The number of ether oxygens (including phenoxy) is 6. The fourth-order valence-corrected chi connectivity index (χ4v) is 10.6. The lowest BCUT2D eigenvalue weighted by molar-refractivity contribution is -0.447. The Morgan fingerprint density at radius 2 is 0.370 bits per heavy atom. The quantitative estimate of drug-likeness (QED) is 0.0335. The van der Waals surface area contributed by atoms with Crippen molar-refractivity contribution in [3.8, 4) is 35.5 Å². The molecule has 0 bridgehead atoms. The molecule has 0 N–H and O–H groups in total. The Labute approximate surface area is 748 Å². The van der Waals surface area contributed by atoms with Gasteiger partial charge in [0.05, 0.1) is 22.7 Å². The number of hydrogen-bond acceptors (Lipinski definition) is 14. The van der Waals surface area contributed by atoms with Gasteiger partial charge in [0.1, 0.15) is 0 Å². The number of rotatable bonds is 46. The monoisotopic (exact) mass is 2310 g/mol. The zero-order valence-corrected chi connectivity index (χ0v) is 65.7. The smallest absolute Gasteiger partial charge is 0.422 e. The molecular weight excluding hydrogens is 2280 g/mol. The number of benzene rings is 3. The Morgan fingerprint density at radius 3 is 0.541 bits per heavy atom. The van der Waals surface area contributed by atoms with E-state index in [1.54, 1.807) is 0 Å². The van der Waals surface area contributed by atoms with Crippen molar-refractivity contribution in [1.29, 1.82) is 0 Å². The number of anilines is 6. The molecule has 0 aliphatic carbocycles. The minimum atomic E-state index is -9.55. The Balaban J connectivity index is 1.87. The summed E-state index contributed by atoms with van der Waals surface area (Å²) in [6, 6.07) is -15.6. The summed E-state index contributed by atoms with van der Waals surface area (Å²) in [5.41, 5.74) is -9.09. The molecule has 0 spiro atoms. The first kappa shape index (κ1) is 124. The molecule has 0 saturated carbocycles. The summed E-state index contributed by atoms with van der Waals surface area (Å²) in [5, 5.41) is -3.15. The maximum absolute atomic E-state index is 15.7. The molecule has 0 fully saturated rings. The van der Waals surface area contributed by atoms with Crippen molar-refractivity contribution in [1.82, 2.24) is 29.9 Å². The van der Waals surface area contributed by atoms with E-state index in [0.717, 1.165) is 0 Å². The van der Waals surface area contributed by atoms with Crippen LogP contribution in [0.2, 0.25) is 0 Å². The molecule has 6 rings (SSSR count). The van der Waals surface area contributed by atoms with Crippen LogP contribution in [0.25, 0.3) is 10.8 Å². The fourth-order valence-electron chi connectivity index (χ4n) is 10.6. The molecule has 0 amide bonds. The van der Waals surface area contributed by atoms with Crippen molar-refractivity contribution in [2.75, 3.05) is 49.4 Å². The van der Waals surface area contributed by atoms with Crippen molar-refractivity contribution < 1.29 is 336 Å². The standard InChI is InChI=1S/C62H24F70N8O6/c63-23(64)39(85,86)47(101,102)55(117,118)59(125,126)51(109,110)43(93,94)33(71,72)9-143-29-133-27(134-30(137-29)144-10-34(73,74)44(95,96)52(111,112)60(127,128)56(119,120)48(103,104)40(87,88)24(65)66)139-16-5-1-3-15-4-2-6-17(22(15)16)140(19-8-21(142-14-38(82,83)84)20(7-18(19)139)141-13-37(79,80)81)28-135-31(145-11-35(75,76)45(97,98)53(113,114)61(129,130)57(121,122)49(105,106)41(89,90)25(67)68)138-32(136-28)146-12-36(77,78)46(99,100)54(115,116)62(131,132)58(123,124)50(107,108)42(91,92)26(69)70/h1-8,23-26H,9-14H2. The molecule has 3 aromatic carbocycles. The van der Waals surface area contributed by atoms with Crippen LogP contribution >= 0.6 is 0 Å². The van der Waals surface area contributed by atoms with E-state index in [1.165, 1.54) is 0 Å². The molecule has 146 heavy (non-hydrogen) atoms. The van der Waals surface area contributed by atoms with Crippen LogP contribution < -0.4 is 38.2 Å². The molecule has 838 valence electrons. The van der Waals surface area contributed by atoms with E-state index >= 15 is 105 Å². The average Bonchev–Trinajstić information content (AvgIpc) is 0.770. The molecule has 5 aromatic rings. The lowest BCUT2D eigenvalue weighted by atomic mass is 9.89. The third-order valence-electron chi connectivity index (χ3n) is 18.7. The molecule has 2 aromatic heterocycles. The van der Waals surface area contributed by atoms with Gasteiger partial charge in [0.25, 0.3) is 0 Å². The van der Waals surface area contributed by atoms with Crippen LogP contribution in [-0.4, -0.2) is 273 Å². The normalized spacial score (nSPS) is 15.8. The number of aromatic nitrogens is 6. The third kappa shape index (κ3) is 18.7. The lowest BCUT2D eigenvalue weighted by Crippen LogP contribution is -2.74. The van der Waals surface area contributed by atoms with Gasteiger partial charge in [-0.25, -0.2) is 35.1 Å². The van der Waals surface area contributed by atoms with Gasteiger partial charge >= 0.3 is 228 Å². The van der Waals surface area contributed by atoms with E-state index < -0.39 is 346 Å². The molecule has 0 radical (unpaired) electrons. The second kappa shape index (κ2) is 36.7. The largest absolute Gasteiger partial charge is 0.480 e. The number of nitrogens with zero attached hydrogens (tertiary/aromatic N) is 8. The highest BCUT2D eigenvalue weighted by atomic mass is 19.5. The van der Waals surface area contributed by atoms with Gasteiger partial charge in [-0.1, -0.05) is 24.3 Å². The summed E-state index contributed by atoms with van der Waals surface area (Å²) >= 11 is 0. The predicted molar refractivity (Wildman–Crippen MR) is 321 cm³/mol. The van der Waals surface area contributed by atoms with Crippen LogP contribution in [0.4, 0.5) is 342 Å². The summed E-state index contributed by atoms with van der Waals surface area (Å²) in [6.07, 6.45) is -38.9. The SMILES string of the molecule is FC(F)C(F)(F)C(F)(F)C(F)(F)C(F)(F)C(F)(F)C(F)(F)C(F)(F)COc1nc(OCC(F)(F)C(F)(F)C(F)(F)C(F)(F)C(F)(F)C(F)(F)C(F)(F)C(F)F)nc(N2c3cc(OCC(F)(F)F)c(OCC(F)(F)F)cc3N(c3nc(OCC(F)(F)C(F)(F)C(F)(F)C(F)(F)C(F)(F)C(F)(F)C(F)(F)C(F)F)nc(OCC(F)(F)C(F)(F)C(F)(F)C(F)(F)C(F)(F)C(F)(F)C(F)(F)C(F)F)n3)c3cccc4cccc2c34)n1. The van der Waals surface area contributed by atoms with E-state index in [2.05, 4.69) is 58.3 Å². The predicted octanol–water partition coefficient (Wildman–Crippen LogP) is 26.7. The Hall–Kier alpha value is -10.6. The summed E-state index contributed by atoms with van der Waals surface area (Å²) in [6.45, 7) is -25.7. The van der Waals surface area contributed by atoms with Gasteiger partial charge < -0.3 is 28.4 Å². The Morgan fingerprint density at radius 1 is 0.199 bits per heavy atom. The summed E-state index contributed by atoms with van der Waals surface area (Å²) in [7, 11) is 0. The topological polar surface area (TPSA) is 139 Å².